The van der Waals surface area contributed by atoms with Gasteiger partial charge in [0.15, 0.2) is 11.6 Å². The average molecular weight is 547 g/mol. The molecule has 0 aliphatic heterocycles. The van der Waals surface area contributed by atoms with E-state index in [0.29, 0.717) is 33.8 Å². The highest BCUT2D eigenvalue weighted by Gasteiger charge is 2.22. The van der Waals surface area contributed by atoms with Gasteiger partial charge >= 0.3 is 0 Å². The van der Waals surface area contributed by atoms with E-state index in [2.05, 4.69) is 41.5 Å². The van der Waals surface area contributed by atoms with E-state index in [0.717, 1.165) is 21.5 Å². The summed E-state index contributed by atoms with van der Waals surface area (Å²) < 4.78 is 16.1. The first-order valence-electron chi connectivity index (χ1n) is 12.3. The second kappa shape index (κ2) is 9.47. The number of benzene rings is 1. The van der Waals surface area contributed by atoms with Gasteiger partial charge < -0.3 is 10.3 Å². The Morgan fingerprint density at radius 3 is 2.62 bits per heavy atom. The fourth-order valence-corrected chi connectivity index (χ4v) is 5.46. The molecule has 11 heteroatoms. The minimum Gasteiger partial charge on any atom is -0.335 e. The van der Waals surface area contributed by atoms with Gasteiger partial charge in [-0.25, -0.2) is 9.37 Å². The van der Waals surface area contributed by atoms with Crippen molar-refractivity contribution in [2.24, 2.45) is 0 Å². The minimum absolute atomic E-state index is 0.0750. The summed E-state index contributed by atoms with van der Waals surface area (Å²) in [6.45, 7) is 2.05. The van der Waals surface area contributed by atoms with Gasteiger partial charge in [0.1, 0.15) is 16.9 Å². The molecule has 0 saturated carbocycles. The maximum Gasteiger partial charge on any atom is 0.255 e. The molecule has 7 aromatic rings. The van der Waals surface area contributed by atoms with Crippen molar-refractivity contribution in [1.82, 2.24) is 35.1 Å². The molecule has 7 rings (SSSR count). The van der Waals surface area contributed by atoms with Crippen LogP contribution in [0.15, 0.2) is 79.5 Å². The van der Waals surface area contributed by atoms with Crippen LogP contribution >= 0.6 is 11.3 Å². The summed E-state index contributed by atoms with van der Waals surface area (Å²) in [6.07, 6.45) is 7.98. The summed E-state index contributed by atoms with van der Waals surface area (Å²) in [6, 6.07) is 14.5. The SMILES string of the molecule is Cc1ccc(-c2cncc3[nH]c(-c4n[nH]c5cnc(-c6cncc(NC(=O)c7ccccc7)c6)c(F)c45)nc23)s1. The van der Waals surface area contributed by atoms with E-state index in [1.165, 1.54) is 23.5 Å². The Kier molecular flexibility index (Phi) is 5.64. The molecule has 9 nitrogen and oxygen atoms in total. The standard InChI is InChI=1S/C29H19FN8OS/c1-15-7-8-22(40-15)19-12-32-13-21-26(19)36-28(35-21)27-23-20(37-38-27)14-33-25(24(23)30)17-9-18(11-31-10-17)34-29(39)16-5-3-2-4-6-16/h2-14H,1H3,(H,34,39)(H,35,36)(H,37,38). The number of hydrogen-bond acceptors (Lipinski definition) is 7. The highest BCUT2D eigenvalue weighted by molar-refractivity contribution is 7.15. The quantitative estimate of drug-likeness (QED) is 0.230. The van der Waals surface area contributed by atoms with Crippen molar-refractivity contribution in [3.8, 4) is 33.2 Å². The number of nitrogens with one attached hydrogen (secondary N) is 3. The number of thiophene rings is 1. The number of carbonyl (C=O) groups excluding carboxylic acids is 1. The van der Waals surface area contributed by atoms with Crippen molar-refractivity contribution < 1.29 is 9.18 Å². The van der Waals surface area contributed by atoms with Crippen LogP contribution in [0.4, 0.5) is 10.1 Å². The van der Waals surface area contributed by atoms with E-state index in [1.54, 1.807) is 54.1 Å². The second-order valence-corrected chi connectivity index (χ2v) is 10.4. The Labute approximate surface area is 230 Å². The molecule has 0 aliphatic carbocycles. The molecule has 1 amide bonds. The molecule has 0 saturated heterocycles. The number of nitrogens with zero attached hydrogens (tertiary/aromatic N) is 5. The first-order chi connectivity index (χ1) is 19.5. The zero-order valence-electron chi connectivity index (χ0n) is 20.9. The van der Waals surface area contributed by atoms with Crippen LogP contribution in [0.5, 0.6) is 0 Å². The molecule has 0 fully saturated rings. The molecule has 1 aromatic carbocycles. The number of rotatable bonds is 5. The van der Waals surface area contributed by atoms with Crippen molar-refractivity contribution in [2.45, 2.75) is 6.92 Å². The highest BCUT2D eigenvalue weighted by atomic mass is 32.1. The van der Waals surface area contributed by atoms with Crippen LogP contribution in [-0.2, 0) is 0 Å². The third-order valence-electron chi connectivity index (χ3n) is 6.47. The van der Waals surface area contributed by atoms with E-state index >= 15 is 4.39 Å². The summed E-state index contributed by atoms with van der Waals surface area (Å²) in [5.41, 5.74) is 4.47. The van der Waals surface area contributed by atoms with Gasteiger partial charge in [-0.2, -0.15) is 5.10 Å². The van der Waals surface area contributed by atoms with Gasteiger partial charge in [-0.3, -0.25) is 24.8 Å². The lowest BCUT2D eigenvalue weighted by Gasteiger charge is -2.08. The van der Waals surface area contributed by atoms with Gasteiger partial charge in [0, 0.05) is 38.8 Å². The zero-order valence-corrected chi connectivity index (χ0v) is 21.8. The van der Waals surface area contributed by atoms with Crippen LogP contribution < -0.4 is 5.32 Å². The largest absolute Gasteiger partial charge is 0.335 e. The monoisotopic (exact) mass is 546 g/mol. The van der Waals surface area contributed by atoms with Gasteiger partial charge in [0.05, 0.1) is 40.7 Å². The molecule has 3 N–H and O–H groups in total. The summed E-state index contributed by atoms with van der Waals surface area (Å²) in [4.78, 5) is 35.7. The Morgan fingerprint density at radius 1 is 0.950 bits per heavy atom. The molecule has 194 valence electrons. The van der Waals surface area contributed by atoms with Gasteiger partial charge in [0.25, 0.3) is 5.91 Å². The number of anilines is 1. The predicted octanol–water partition coefficient (Wildman–Crippen LogP) is 6.39. The van der Waals surface area contributed by atoms with Crippen LogP contribution in [-0.4, -0.2) is 41.0 Å². The summed E-state index contributed by atoms with van der Waals surface area (Å²) in [5, 5.41) is 10.3. The number of amides is 1. The Bertz CT molecular complexity index is 2050. The Hall–Kier alpha value is -5.29. The fraction of sp³-hybridized carbons (Fsp3) is 0.0345. The highest BCUT2D eigenvalue weighted by Crippen LogP contribution is 2.36. The van der Waals surface area contributed by atoms with E-state index in [4.69, 9.17) is 4.98 Å². The first-order valence-corrected chi connectivity index (χ1v) is 13.1. The summed E-state index contributed by atoms with van der Waals surface area (Å²) in [7, 11) is 0. The Morgan fingerprint density at radius 2 is 1.80 bits per heavy atom. The molecule has 0 spiro atoms. The lowest BCUT2D eigenvalue weighted by atomic mass is 10.1. The molecule has 6 aromatic heterocycles. The van der Waals surface area contributed by atoms with Crippen molar-refractivity contribution in [3.63, 3.8) is 0 Å². The number of H-pyrrole nitrogens is 2. The van der Waals surface area contributed by atoms with Crippen LogP contribution in [0.2, 0.25) is 0 Å². The number of imidazole rings is 1. The van der Waals surface area contributed by atoms with Gasteiger partial charge in [0.2, 0.25) is 0 Å². The number of aromatic amines is 2. The molecule has 40 heavy (non-hydrogen) atoms. The number of carbonyl (C=O) groups is 1. The third kappa shape index (κ3) is 4.09. The number of hydrogen-bond donors (Lipinski definition) is 3. The zero-order chi connectivity index (χ0) is 27.2. The minimum atomic E-state index is -0.581. The normalized spacial score (nSPS) is 11.3. The molecule has 0 aliphatic rings. The number of halogens is 1. The smallest absolute Gasteiger partial charge is 0.255 e. The third-order valence-corrected chi connectivity index (χ3v) is 7.51. The maximum absolute atomic E-state index is 16.1. The van der Waals surface area contributed by atoms with E-state index in [1.807, 2.05) is 19.1 Å². The van der Waals surface area contributed by atoms with Crippen molar-refractivity contribution in [3.05, 3.63) is 95.8 Å². The Balaban J connectivity index is 1.28. The molecular formula is C29H19FN8OS. The second-order valence-electron chi connectivity index (χ2n) is 9.14. The van der Waals surface area contributed by atoms with Crippen LogP contribution in [0.3, 0.4) is 0 Å². The fourth-order valence-electron chi connectivity index (χ4n) is 4.58. The van der Waals surface area contributed by atoms with Gasteiger partial charge in [-0.15, -0.1) is 11.3 Å². The van der Waals surface area contributed by atoms with Crippen molar-refractivity contribution in [2.75, 3.05) is 5.32 Å². The lowest BCUT2D eigenvalue weighted by molar-refractivity contribution is 0.102. The molecule has 0 bridgehead atoms. The van der Waals surface area contributed by atoms with E-state index in [-0.39, 0.29) is 17.0 Å². The summed E-state index contributed by atoms with van der Waals surface area (Å²) >= 11 is 1.65. The first kappa shape index (κ1) is 23.8. The molecule has 6 heterocycles. The van der Waals surface area contributed by atoms with E-state index in [9.17, 15) is 4.79 Å². The molecule has 0 radical (unpaired) electrons. The molecular weight excluding hydrogens is 527 g/mol. The van der Waals surface area contributed by atoms with Gasteiger partial charge in [-0.1, -0.05) is 18.2 Å². The van der Waals surface area contributed by atoms with Crippen LogP contribution in [0.1, 0.15) is 15.2 Å². The van der Waals surface area contributed by atoms with Crippen LogP contribution in [0.25, 0.3) is 55.2 Å². The van der Waals surface area contributed by atoms with Crippen LogP contribution in [0, 0.1) is 12.7 Å². The molecule has 0 unspecified atom stereocenters. The average Bonchev–Trinajstić information content (AvgIpc) is 3.72. The summed E-state index contributed by atoms with van der Waals surface area (Å²) in [5.74, 6) is -0.471. The van der Waals surface area contributed by atoms with E-state index < -0.39 is 5.82 Å². The van der Waals surface area contributed by atoms with Crippen molar-refractivity contribution >= 4 is 44.9 Å². The van der Waals surface area contributed by atoms with Crippen molar-refractivity contribution in [1.29, 1.82) is 0 Å². The maximum atomic E-state index is 16.1. The van der Waals surface area contributed by atoms with Gasteiger partial charge in [-0.05, 0) is 37.3 Å². The number of aryl methyl sites for hydroxylation is 1. The topological polar surface area (TPSA) is 125 Å². The molecule has 0 atom stereocenters. The number of pyridine rings is 3. The predicted molar refractivity (Wildman–Crippen MR) is 152 cm³/mol. The lowest BCUT2D eigenvalue weighted by Crippen LogP contribution is -2.11. The number of aromatic nitrogens is 7. The number of fused-ring (bicyclic) bond motifs is 2.